The first-order chi connectivity index (χ1) is 9.40. The molecule has 0 radical (unpaired) electrons. The van der Waals surface area contributed by atoms with Gasteiger partial charge in [0.1, 0.15) is 0 Å². The Balaban J connectivity index is 1.87. The zero-order chi connectivity index (χ0) is 13.3. The van der Waals surface area contributed by atoms with Crippen molar-refractivity contribution in [3.63, 3.8) is 0 Å². The van der Waals surface area contributed by atoms with Gasteiger partial charge in [-0.15, -0.1) is 0 Å². The Kier molecular flexibility index (Phi) is 6.90. The summed E-state index contributed by atoms with van der Waals surface area (Å²) in [4.78, 5) is 0. The molecule has 110 valence electrons. The number of hydrogen-bond acceptors (Lipinski definition) is 3. The minimum Gasteiger partial charge on any atom is -0.383 e. The monoisotopic (exact) mass is 267 g/mol. The highest BCUT2D eigenvalue weighted by atomic mass is 16.5. The summed E-state index contributed by atoms with van der Waals surface area (Å²) in [6, 6.07) is 0. The third kappa shape index (κ3) is 5.25. The molecule has 1 aliphatic carbocycles. The first kappa shape index (κ1) is 15.0. The van der Waals surface area contributed by atoms with Crippen LogP contribution >= 0.6 is 0 Å². The summed E-state index contributed by atoms with van der Waals surface area (Å²) in [5, 5.41) is 3.52. The van der Waals surface area contributed by atoms with Gasteiger partial charge < -0.3 is 14.8 Å². The van der Waals surface area contributed by atoms with E-state index in [1.54, 1.807) is 12.7 Å². The van der Waals surface area contributed by atoms with E-state index < -0.39 is 0 Å². The largest absolute Gasteiger partial charge is 0.383 e. The van der Waals surface area contributed by atoms with Gasteiger partial charge in [-0.05, 0) is 25.2 Å². The van der Waals surface area contributed by atoms with Crippen LogP contribution in [-0.4, -0.2) is 40.0 Å². The number of nitrogens with one attached hydrogen (secondary N) is 1. The summed E-state index contributed by atoms with van der Waals surface area (Å²) in [5.74, 6) is 1.46. The molecule has 2 rings (SSSR count). The molecule has 2 aliphatic rings. The van der Waals surface area contributed by atoms with Crippen LogP contribution in [0.15, 0.2) is 11.6 Å². The second kappa shape index (κ2) is 8.72. The van der Waals surface area contributed by atoms with Crippen molar-refractivity contribution < 1.29 is 9.47 Å². The maximum Gasteiger partial charge on any atom is 0.0587 e. The fourth-order valence-corrected chi connectivity index (χ4v) is 3.21. The third-order valence-electron chi connectivity index (χ3n) is 4.36. The molecule has 1 heterocycles. The van der Waals surface area contributed by atoms with Crippen molar-refractivity contribution in [1.29, 1.82) is 0 Å². The van der Waals surface area contributed by atoms with E-state index in [2.05, 4.69) is 11.4 Å². The van der Waals surface area contributed by atoms with Crippen LogP contribution in [-0.2, 0) is 9.47 Å². The third-order valence-corrected chi connectivity index (χ3v) is 4.36. The zero-order valence-corrected chi connectivity index (χ0v) is 12.3. The van der Waals surface area contributed by atoms with E-state index in [-0.39, 0.29) is 0 Å². The Bertz CT molecular complexity index is 266. The number of ether oxygens (including phenoxy) is 2. The number of rotatable bonds is 7. The minimum atomic E-state index is 0.654. The Morgan fingerprint density at radius 3 is 2.79 bits per heavy atom. The summed E-state index contributed by atoms with van der Waals surface area (Å²) in [5.41, 5.74) is 1.63. The van der Waals surface area contributed by atoms with Crippen LogP contribution in [0.1, 0.15) is 38.5 Å². The molecule has 0 aromatic carbocycles. The quantitative estimate of drug-likeness (QED) is 0.568. The molecule has 3 nitrogen and oxygen atoms in total. The van der Waals surface area contributed by atoms with Gasteiger partial charge in [-0.1, -0.05) is 30.9 Å². The van der Waals surface area contributed by atoms with Crippen LogP contribution in [0.5, 0.6) is 0 Å². The van der Waals surface area contributed by atoms with E-state index in [4.69, 9.17) is 9.47 Å². The molecular formula is C16H29NO2. The Morgan fingerprint density at radius 2 is 2.11 bits per heavy atom. The lowest BCUT2D eigenvalue weighted by molar-refractivity contribution is 0.191. The van der Waals surface area contributed by atoms with E-state index in [0.29, 0.717) is 5.92 Å². The molecular weight excluding hydrogens is 238 g/mol. The molecule has 2 fully saturated rings. The van der Waals surface area contributed by atoms with Gasteiger partial charge in [0.2, 0.25) is 0 Å². The molecule has 19 heavy (non-hydrogen) atoms. The van der Waals surface area contributed by atoms with Gasteiger partial charge in [-0.3, -0.25) is 0 Å². The van der Waals surface area contributed by atoms with Gasteiger partial charge in [0, 0.05) is 32.7 Å². The van der Waals surface area contributed by atoms with Crippen molar-refractivity contribution in [2.24, 2.45) is 11.8 Å². The molecule has 1 saturated carbocycles. The van der Waals surface area contributed by atoms with E-state index >= 15 is 0 Å². The maximum atomic E-state index is 5.50. The summed E-state index contributed by atoms with van der Waals surface area (Å²) in [6.45, 7) is 4.64. The molecule has 0 bridgehead atoms. The highest BCUT2D eigenvalue weighted by molar-refractivity contribution is 5.12. The lowest BCUT2D eigenvalue weighted by atomic mass is 9.82. The van der Waals surface area contributed by atoms with Crippen molar-refractivity contribution in [3.8, 4) is 0 Å². The SMILES string of the molecule is COCCNCC(=CC1CCOC1)C1CCCCC1. The fourth-order valence-electron chi connectivity index (χ4n) is 3.21. The Hall–Kier alpha value is -0.380. The van der Waals surface area contributed by atoms with Gasteiger partial charge >= 0.3 is 0 Å². The van der Waals surface area contributed by atoms with E-state index in [1.165, 1.54) is 38.5 Å². The van der Waals surface area contributed by atoms with Crippen molar-refractivity contribution in [2.45, 2.75) is 38.5 Å². The highest BCUT2D eigenvalue weighted by Gasteiger charge is 2.20. The second-order valence-corrected chi connectivity index (χ2v) is 5.87. The van der Waals surface area contributed by atoms with Gasteiger partial charge in [-0.2, -0.15) is 0 Å². The summed E-state index contributed by atoms with van der Waals surface area (Å²) < 4.78 is 10.6. The lowest BCUT2D eigenvalue weighted by Gasteiger charge is -2.26. The number of methoxy groups -OCH3 is 1. The van der Waals surface area contributed by atoms with Crippen LogP contribution in [0.4, 0.5) is 0 Å². The summed E-state index contributed by atoms with van der Waals surface area (Å²) in [6.07, 6.45) is 10.7. The minimum absolute atomic E-state index is 0.654. The molecule has 0 aromatic rings. The highest BCUT2D eigenvalue weighted by Crippen LogP contribution is 2.31. The average molecular weight is 267 g/mol. The molecule has 1 aliphatic heterocycles. The van der Waals surface area contributed by atoms with E-state index in [1.807, 2.05) is 0 Å². The smallest absolute Gasteiger partial charge is 0.0587 e. The van der Waals surface area contributed by atoms with Crippen LogP contribution in [0.25, 0.3) is 0 Å². The van der Waals surface area contributed by atoms with Crippen LogP contribution < -0.4 is 5.32 Å². The molecule has 1 N–H and O–H groups in total. The predicted molar refractivity (Wildman–Crippen MR) is 78.3 cm³/mol. The summed E-state index contributed by atoms with van der Waals surface area (Å²) >= 11 is 0. The predicted octanol–water partition coefficient (Wildman–Crippen LogP) is 2.77. The average Bonchev–Trinajstić information content (AvgIpc) is 2.96. The second-order valence-electron chi connectivity index (χ2n) is 5.87. The molecule has 0 aromatic heterocycles. The van der Waals surface area contributed by atoms with E-state index in [0.717, 1.165) is 38.8 Å². The molecule has 1 atom stereocenters. The molecule has 0 amide bonds. The topological polar surface area (TPSA) is 30.5 Å². The van der Waals surface area contributed by atoms with Crippen molar-refractivity contribution in [3.05, 3.63) is 11.6 Å². The molecule has 3 heteroatoms. The van der Waals surface area contributed by atoms with Crippen LogP contribution in [0.2, 0.25) is 0 Å². The van der Waals surface area contributed by atoms with Crippen LogP contribution in [0.3, 0.4) is 0 Å². The van der Waals surface area contributed by atoms with Crippen molar-refractivity contribution in [1.82, 2.24) is 5.32 Å². The Labute approximate surface area is 117 Å². The molecule has 1 saturated heterocycles. The van der Waals surface area contributed by atoms with Gasteiger partial charge in [0.05, 0.1) is 13.2 Å². The Morgan fingerprint density at radius 1 is 1.26 bits per heavy atom. The molecule has 1 unspecified atom stereocenters. The maximum absolute atomic E-state index is 5.50. The van der Waals surface area contributed by atoms with Gasteiger partial charge in [-0.25, -0.2) is 0 Å². The van der Waals surface area contributed by atoms with Crippen molar-refractivity contribution in [2.75, 3.05) is 40.0 Å². The van der Waals surface area contributed by atoms with Crippen LogP contribution in [0, 0.1) is 11.8 Å². The fraction of sp³-hybridized carbons (Fsp3) is 0.875. The van der Waals surface area contributed by atoms with Crippen molar-refractivity contribution >= 4 is 0 Å². The van der Waals surface area contributed by atoms with E-state index in [9.17, 15) is 0 Å². The van der Waals surface area contributed by atoms with Gasteiger partial charge in [0.25, 0.3) is 0 Å². The zero-order valence-electron chi connectivity index (χ0n) is 12.3. The normalized spacial score (nSPS) is 25.9. The standard InChI is InChI=1S/C16H29NO2/c1-18-10-8-17-12-16(11-14-7-9-19-13-14)15-5-3-2-4-6-15/h11,14-15,17H,2-10,12-13H2,1H3. The summed E-state index contributed by atoms with van der Waals surface area (Å²) in [7, 11) is 1.76. The number of hydrogen-bond donors (Lipinski definition) is 1. The molecule has 0 spiro atoms. The lowest BCUT2D eigenvalue weighted by Crippen LogP contribution is -2.26. The first-order valence-electron chi connectivity index (χ1n) is 7.88. The van der Waals surface area contributed by atoms with Gasteiger partial charge in [0.15, 0.2) is 0 Å². The first-order valence-corrected chi connectivity index (χ1v) is 7.88.